The van der Waals surface area contributed by atoms with E-state index < -0.39 is 0 Å². The van der Waals surface area contributed by atoms with E-state index in [9.17, 15) is 0 Å². The third kappa shape index (κ3) is 2.66. The summed E-state index contributed by atoms with van der Waals surface area (Å²) in [5.74, 6) is 2.20. The zero-order valence-corrected chi connectivity index (χ0v) is 11.8. The molecule has 0 aromatic heterocycles. The number of fused-ring (bicyclic) bond motifs is 1. The average Bonchev–Trinajstić information content (AvgIpc) is 3.05. The zero-order chi connectivity index (χ0) is 13.4. The number of nitrogens with zero attached hydrogens (tertiary/aromatic N) is 1. The molecule has 1 fully saturated rings. The van der Waals surface area contributed by atoms with Crippen LogP contribution in [0, 0.1) is 5.92 Å². The molecule has 104 valence electrons. The smallest absolute Gasteiger partial charge is 0.231 e. The number of halogens is 1. The van der Waals surface area contributed by atoms with Gasteiger partial charge in [-0.25, -0.2) is 0 Å². The molecule has 1 unspecified atom stereocenters. The molecule has 1 saturated carbocycles. The maximum absolute atomic E-state index is 6.23. The molecular formula is C14H19ClN2O2. The molecule has 0 radical (unpaired) electrons. The summed E-state index contributed by atoms with van der Waals surface area (Å²) < 4.78 is 10.8. The van der Waals surface area contributed by atoms with Crippen LogP contribution >= 0.6 is 11.6 Å². The topological polar surface area (TPSA) is 47.7 Å². The van der Waals surface area contributed by atoms with Gasteiger partial charge in [0.2, 0.25) is 6.79 Å². The first-order valence-corrected chi connectivity index (χ1v) is 7.06. The largest absolute Gasteiger partial charge is 0.454 e. The Bertz CT molecular complexity index is 477. The summed E-state index contributed by atoms with van der Waals surface area (Å²) in [6.45, 7) is 1.90. The first-order valence-electron chi connectivity index (χ1n) is 6.68. The fourth-order valence-electron chi connectivity index (χ4n) is 2.59. The predicted molar refractivity (Wildman–Crippen MR) is 74.7 cm³/mol. The van der Waals surface area contributed by atoms with E-state index in [1.165, 1.54) is 12.8 Å². The van der Waals surface area contributed by atoms with Gasteiger partial charge < -0.3 is 15.2 Å². The molecule has 19 heavy (non-hydrogen) atoms. The summed E-state index contributed by atoms with van der Waals surface area (Å²) in [5, 5.41) is 0.600. The van der Waals surface area contributed by atoms with Crippen molar-refractivity contribution in [1.29, 1.82) is 0 Å². The van der Waals surface area contributed by atoms with E-state index >= 15 is 0 Å². The molecule has 0 bridgehead atoms. The van der Waals surface area contributed by atoms with E-state index in [2.05, 4.69) is 11.9 Å². The molecule has 1 aliphatic carbocycles. The second kappa shape index (κ2) is 5.19. The lowest BCUT2D eigenvalue weighted by Crippen LogP contribution is -2.32. The first kappa shape index (κ1) is 13.0. The third-order valence-electron chi connectivity index (χ3n) is 3.83. The summed E-state index contributed by atoms with van der Waals surface area (Å²) in [7, 11) is 2.12. The molecule has 3 rings (SSSR count). The van der Waals surface area contributed by atoms with Crippen LogP contribution in [0.15, 0.2) is 12.1 Å². The van der Waals surface area contributed by atoms with Gasteiger partial charge >= 0.3 is 0 Å². The lowest BCUT2D eigenvalue weighted by atomic mass is 10.0. The van der Waals surface area contributed by atoms with Gasteiger partial charge in [-0.15, -0.1) is 0 Å². The van der Waals surface area contributed by atoms with Crippen LogP contribution in [0.1, 0.15) is 24.4 Å². The van der Waals surface area contributed by atoms with Gasteiger partial charge in [0.15, 0.2) is 11.5 Å². The minimum atomic E-state index is 0.174. The maximum atomic E-state index is 6.23. The van der Waals surface area contributed by atoms with E-state index in [4.69, 9.17) is 26.8 Å². The van der Waals surface area contributed by atoms with Crippen molar-refractivity contribution in [2.45, 2.75) is 18.9 Å². The highest BCUT2D eigenvalue weighted by Gasteiger charge is 2.28. The van der Waals surface area contributed by atoms with Crippen molar-refractivity contribution in [3.63, 3.8) is 0 Å². The lowest BCUT2D eigenvalue weighted by molar-refractivity contribution is 0.174. The molecular weight excluding hydrogens is 264 g/mol. The Labute approximate surface area is 118 Å². The highest BCUT2D eigenvalue weighted by Crippen LogP contribution is 2.42. The van der Waals surface area contributed by atoms with Crippen LogP contribution in [-0.2, 0) is 0 Å². The highest BCUT2D eigenvalue weighted by molar-refractivity contribution is 6.32. The Hall–Kier alpha value is -0.970. The fourth-order valence-corrected chi connectivity index (χ4v) is 2.86. The van der Waals surface area contributed by atoms with Crippen LogP contribution in [0.25, 0.3) is 0 Å². The van der Waals surface area contributed by atoms with Gasteiger partial charge in [0.25, 0.3) is 0 Å². The number of ether oxygens (including phenoxy) is 2. The highest BCUT2D eigenvalue weighted by atomic mass is 35.5. The number of hydrogen-bond acceptors (Lipinski definition) is 4. The van der Waals surface area contributed by atoms with Crippen LogP contribution in [0.2, 0.25) is 5.02 Å². The van der Waals surface area contributed by atoms with Crippen LogP contribution in [-0.4, -0.2) is 31.8 Å². The molecule has 2 aliphatic rings. The summed E-state index contributed by atoms with van der Waals surface area (Å²) >= 11 is 6.23. The van der Waals surface area contributed by atoms with Crippen LogP contribution in [0.4, 0.5) is 0 Å². The summed E-state index contributed by atoms with van der Waals surface area (Å²) in [4.78, 5) is 2.31. The summed E-state index contributed by atoms with van der Waals surface area (Å²) in [6.07, 6.45) is 2.67. The minimum absolute atomic E-state index is 0.174. The van der Waals surface area contributed by atoms with E-state index in [0.29, 0.717) is 17.3 Å². The van der Waals surface area contributed by atoms with Crippen LogP contribution in [0.3, 0.4) is 0 Å². The van der Waals surface area contributed by atoms with Crippen molar-refractivity contribution in [1.82, 2.24) is 4.90 Å². The fraction of sp³-hybridized carbons (Fsp3) is 0.571. The quantitative estimate of drug-likeness (QED) is 0.901. The van der Waals surface area contributed by atoms with E-state index in [1.54, 1.807) is 0 Å². The van der Waals surface area contributed by atoms with Gasteiger partial charge in [-0.3, -0.25) is 4.90 Å². The Morgan fingerprint density at radius 2 is 2.21 bits per heavy atom. The molecule has 2 N–H and O–H groups in total. The van der Waals surface area contributed by atoms with E-state index in [-0.39, 0.29) is 12.8 Å². The van der Waals surface area contributed by atoms with Gasteiger partial charge in [-0.05, 0) is 43.5 Å². The lowest BCUT2D eigenvalue weighted by Gasteiger charge is -2.27. The SMILES string of the molecule is CN(CC1CC1)C(CN)c1cc(Cl)c2c(c1)OCO2. The summed E-state index contributed by atoms with van der Waals surface area (Å²) in [5.41, 5.74) is 7.04. The summed E-state index contributed by atoms with van der Waals surface area (Å²) in [6, 6.07) is 4.11. The van der Waals surface area contributed by atoms with Crippen LogP contribution < -0.4 is 15.2 Å². The normalized spacial score (nSPS) is 18.9. The van der Waals surface area contributed by atoms with Gasteiger partial charge in [-0.1, -0.05) is 11.6 Å². The molecule has 1 heterocycles. The van der Waals surface area contributed by atoms with Gasteiger partial charge in [0, 0.05) is 19.1 Å². The number of hydrogen-bond donors (Lipinski definition) is 1. The van der Waals surface area contributed by atoms with Gasteiger partial charge in [0.05, 0.1) is 5.02 Å². The molecule has 1 aliphatic heterocycles. The molecule has 5 heteroatoms. The Morgan fingerprint density at radius 1 is 1.42 bits per heavy atom. The van der Waals surface area contributed by atoms with Gasteiger partial charge in [-0.2, -0.15) is 0 Å². The van der Waals surface area contributed by atoms with E-state index in [0.717, 1.165) is 23.8 Å². The van der Waals surface area contributed by atoms with Gasteiger partial charge in [0.1, 0.15) is 0 Å². The molecule has 0 spiro atoms. The number of rotatable bonds is 5. The van der Waals surface area contributed by atoms with Crippen LogP contribution in [0.5, 0.6) is 11.5 Å². The number of nitrogens with two attached hydrogens (primary N) is 1. The number of benzene rings is 1. The van der Waals surface area contributed by atoms with Crippen molar-refractivity contribution in [3.05, 3.63) is 22.7 Å². The minimum Gasteiger partial charge on any atom is -0.454 e. The average molecular weight is 283 g/mol. The Kier molecular flexibility index (Phi) is 3.56. The molecule has 4 nitrogen and oxygen atoms in total. The second-order valence-corrected chi connectivity index (χ2v) is 5.78. The monoisotopic (exact) mass is 282 g/mol. The maximum Gasteiger partial charge on any atom is 0.231 e. The Balaban J connectivity index is 1.84. The third-order valence-corrected chi connectivity index (χ3v) is 4.11. The van der Waals surface area contributed by atoms with Crippen molar-refractivity contribution < 1.29 is 9.47 Å². The standard InChI is InChI=1S/C14H19ClN2O2/c1-17(7-9-2-3-9)12(6-16)10-4-11(15)14-13(5-10)18-8-19-14/h4-5,9,12H,2-3,6-8,16H2,1H3. The predicted octanol–water partition coefficient (Wildman–Crippen LogP) is 2.41. The zero-order valence-electron chi connectivity index (χ0n) is 11.1. The van der Waals surface area contributed by atoms with Crippen molar-refractivity contribution in [2.75, 3.05) is 26.9 Å². The molecule has 1 atom stereocenters. The molecule has 1 aromatic carbocycles. The van der Waals surface area contributed by atoms with E-state index in [1.807, 2.05) is 12.1 Å². The molecule has 0 saturated heterocycles. The van der Waals surface area contributed by atoms with Crippen molar-refractivity contribution in [2.24, 2.45) is 11.7 Å². The molecule has 0 amide bonds. The van der Waals surface area contributed by atoms with Crippen molar-refractivity contribution in [3.8, 4) is 11.5 Å². The Morgan fingerprint density at radius 3 is 2.89 bits per heavy atom. The second-order valence-electron chi connectivity index (χ2n) is 5.37. The molecule has 1 aromatic rings. The number of likely N-dealkylation sites (N-methyl/N-ethyl adjacent to an activating group) is 1. The first-order chi connectivity index (χ1) is 9.19. The van der Waals surface area contributed by atoms with Crippen molar-refractivity contribution >= 4 is 11.6 Å².